The van der Waals surface area contributed by atoms with Crippen LogP contribution in [0, 0.1) is 0 Å². The van der Waals surface area contributed by atoms with Crippen LogP contribution in [0.4, 0.5) is 0 Å². The molecule has 4 heteroatoms. The molecule has 0 aliphatic carbocycles. The van der Waals surface area contributed by atoms with E-state index in [1.54, 1.807) is 12.1 Å². The minimum atomic E-state index is -0.626. The summed E-state index contributed by atoms with van der Waals surface area (Å²) in [6, 6.07) is 6.62. The van der Waals surface area contributed by atoms with Crippen LogP contribution >= 0.6 is 11.6 Å². The average Bonchev–Trinajstić information content (AvgIpc) is 2.16. The van der Waals surface area contributed by atoms with Gasteiger partial charge in [0, 0.05) is 5.02 Å². The number of rotatable bonds is 3. The Morgan fingerprint density at radius 2 is 2.36 bits per heavy atom. The summed E-state index contributed by atoms with van der Waals surface area (Å²) in [5.74, 6) is -0.412. The van der Waals surface area contributed by atoms with Gasteiger partial charge in [0.25, 0.3) is 0 Å². The third-order valence-electron chi connectivity index (χ3n) is 1.85. The second-order valence-electron chi connectivity index (χ2n) is 2.96. The van der Waals surface area contributed by atoms with E-state index >= 15 is 0 Å². The highest BCUT2D eigenvalue weighted by atomic mass is 35.5. The zero-order valence-electron chi connectivity index (χ0n) is 7.87. The minimum absolute atomic E-state index is 0.412. The zero-order chi connectivity index (χ0) is 10.6. The van der Waals surface area contributed by atoms with Gasteiger partial charge in [-0.3, -0.25) is 4.79 Å². The summed E-state index contributed by atoms with van der Waals surface area (Å²) in [5, 5.41) is 0.638. The van der Waals surface area contributed by atoms with Gasteiger partial charge < -0.3 is 10.5 Å². The Labute approximate surface area is 87.8 Å². The van der Waals surface area contributed by atoms with Gasteiger partial charge in [-0.1, -0.05) is 23.7 Å². The molecular weight excluding hydrogens is 202 g/mol. The van der Waals surface area contributed by atoms with Crippen LogP contribution in [0.25, 0.3) is 0 Å². The molecule has 0 saturated heterocycles. The van der Waals surface area contributed by atoms with Gasteiger partial charge in [-0.15, -0.1) is 0 Å². The standard InChI is InChI=1S/C10H12ClNO2/c1-14-10(13)9(12)6-7-3-2-4-8(11)5-7/h2-5,9H,6,12H2,1H3/t9-/m0/s1. The molecule has 0 radical (unpaired) electrons. The van der Waals surface area contributed by atoms with Crippen LogP contribution < -0.4 is 5.73 Å². The lowest BCUT2D eigenvalue weighted by atomic mass is 10.1. The third kappa shape index (κ3) is 3.01. The molecule has 0 aliphatic rings. The number of nitrogens with two attached hydrogens (primary N) is 1. The Bertz CT molecular complexity index is 328. The zero-order valence-corrected chi connectivity index (χ0v) is 8.62. The first-order valence-corrected chi connectivity index (χ1v) is 4.59. The maximum atomic E-state index is 11.0. The Morgan fingerprint density at radius 3 is 2.93 bits per heavy atom. The van der Waals surface area contributed by atoms with Crippen molar-refractivity contribution in [2.75, 3.05) is 7.11 Å². The first-order chi connectivity index (χ1) is 6.63. The molecule has 0 fully saturated rings. The summed E-state index contributed by atoms with van der Waals surface area (Å²) >= 11 is 5.78. The number of carbonyl (C=O) groups is 1. The van der Waals surface area contributed by atoms with Crippen molar-refractivity contribution in [1.82, 2.24) is 0 Å². The highest BCUT2D eigenvalue weighted by Crippen LogP contribution is 2.11. The van der Waals surface area contributed by atoms with E-state index in [9.17, 15) is 4.79 Å². The lowest BCUT2D eigenvalue weighted by Gasteiger charge is -2.08. The summed E-state index contributed by atoms with van der Waals surface area (Å²) < 4.78 is 4.52. The first-order valence-electron chi connectivity index (χ1n) is 4.21. The van der Waals surface area contributed by atoms with Crippen LogP contribution in [0.15, 0.2) is 24.3 Å². The van der Waals surface area contributed by atoms with Crippen molar-refractivity contribution in [3.8, 4) is 0 Å². The maximum absolute atomic E-state index is 11.0. The second-order valence-corrected chi connectivity index (χ2v) is 3.40. The molecule has 0 amide bonds. The first kappa shape index (κ1) is 11.0. The van der Waals surface area contributed by atoms with E-state index in [1.165, 1.54) is 7.11 Å². The normalized spacial score (nSPS) is 12.2. The van der Waals surface area contributed by atoms with Gasteiger partial charge in [0.05, 0.1) is 7.11 Å². The predicted molar refractivity (Wildman–Crippen MR) is 55.1 cm³/mol. The van der Waals surface area contributed by atoms with E-state index in [0.29, 0.717) is 11.4 Å². The summed E-state index contributed by atoms with van der Waals surface area (Å²) in [6.45, 7) is 0. The fourth-order valence-corrected chi connectivity index (χ4v) is 1.37. The molecule has 0 saturated carbocycles. The monoisotopic (exact) mass is 213 g/mol. The number of hydrogen-bond acceptors (Lipinski definition) is 3. The molecule has 76 valence electrons. The van der Waals surface area contributed by atoms with Gasteiger partial charge >= 0.3 is 5.97 Å². The molecule has 0 aromatic heterocycles. The van der Waals surface area contributed by atoms with Crippen LogP contribution in [0.2, 0.25) is 5.02 Å². The second kappa shape index (κ2) is 4.98. The van der Waals surface area contributed by atoms with Crippen LogP contribution in [0.3, 0.4) is 0 Å². The van der Waals surface area contributed by atoms with Gasteiger partial charge in [-0.05, 0) is 24.1 Å². The SMILES string of the molecule is COC(=O)[C@@H](N)Cc1cccc(Cl)c1. The molecule has 1 atom stereocenters. The third-order valence-corrected chi connectivity index (χ3v) is 2.08. The highest BCUT2D eigenvalue weighted by molar-refractivity contribution is 6.30. The largest absolute Gasteiger partial charge is 0.468 e. The van der Waals surface area contributed by atoms with Crippen molar-refractivity contribution in [2.45, 2.75) is 12.5 Å². The smallest absolute Gasteiger partial charge is 0.322 e. The minimum Gasteiger partial charge on any atom is -0.468 e. The van der Waals surface area contributed by atoms with E-state index in [0.717, 1.165) is 5.56 Å². The van der Waals surface area contributed by atoms with Crippen molar-refractivity contribution in [3.63, 3.8) is 0 Å². The lowest BCUT2D eigenvalue weighted by Crippen LogP contribution is -2.33. The molecule has 1 aromatic carbocycles. The number of ether oxygens (including phenoxy) is 1. The lowest BCUT2D eigenvalue weighted by molar-refractivity contribution is -0.142. The quantitative estimate of drug-likeness (QED) is 0.772. The van der Waals surface area contributed by atoms with Gasteiger partial charge in [-0.25, -0.2) is 0 Å². The summed E-state index contributed by atoms with van der Waals surface area (Å²) in [6.07, 6.45) is 0.438. The van der Waals surface area contributed by atoms with Gasteiger partial charge in [0.15, 0.2) is 0 Å². The average molecular weight is 214 g/mol. The van der Waals surface area contributed by atoms with Crippen molar-refractivity contribution in [1.29, 1.82) is 0 Å². The molecule has 0 bridgehead atoms. The number of hydrogen-bond donors (Lipinski definition) is 1. The molecule has 2 N–H and O–H groups in total. The van der Waals surface area contributed by atoms with Crippen LogP contribution in [0.5, 0.6) is 0 Å². The topological polar surface area (TPSA) is 52.3 Å². The maximum Gasteiger partial charge on any atom is 0.322 e. The number of esters is 1. The molecule has 14 heavy (non-hydrogen) atoms. The van der Waals surface area contributed by atoms with Crippen molar-refractivity contribution < 1.29 is 9.53 Å². The number of halogens is 1. The number of methoxy groups -OCH3 is 1. The fourth-order valence-electron chi connectivity index (χ4n) is 1.15. The van der Waals surface area contributed by atoms with Crippen LogP contribution in [-0.4, -0.2) is 19.1 Å². The molecule has 1 aromatic rings. The van der Waals surface area contributed by atoms with E-state index in [1.807, 2.05) is 12.1 Å². The predicted octanol–water partition coefficient (Wildman–Crippen LogP) is 1.38. The Balaban J connectivity index is 2.64. The molecule has 0 aliphatic heterocycles. The molecule has 0 unspecified atom stereocenters. The van der Waals surface area contributed by atoms with Crippen LogP contribution in [-0.2, 0) is 16.0 Å². The van der Waals surface area contributed by atoms with E-state index < -0.39 is 12.0 Å². The molecular formula is C10H12ClNO2. The molecule has 0 spiro atoms. The Morgan fingerprint density at radius 1 is 1.64 bits per heavy atom. The van der Waals surface area contributed by atoms with E-state index in [2.05, 4.69) is 4.74 Å². The van der Waals surface area contributed by atoms with Gasteiger partial charge in [0.2, 0.25) is 0 Å². The van der Waals surface area contributed by atoms with E-state index in [-0.39, 0.29) is 0 Å². The van der Waals surface area contributed by atoms with Crippen LogP contribution in [0.1, 0.15) is 5.56 Å². The summed E-state index contributed by atoms with van der Waals surface area (Å²) in [7, 11) is 1.32. The van der Waals surface area contributed by atoms with Crippen molar-refractivity contribution in [3.05, 3.63) is 34.9 Å². The fraction of sp³-hybridized carbons (Fsp3) is 0.300. The number of benzene rings is 1. The number of carbonyl (C=O) groups excluding carboxylic acids is 1. The summed E-state index contributed by atoms with van der Waals surface area (Å²) in [5.41, 5.74) is 6.52. The van der Waals surface area contributed by atoms with Gasteiger partial charge in [0.1, 0.15) is 6.04 Å². The van der Waals surface area contributed by atoms with E-state index in [4.69, 9.17) is 17.3 Å². The van der Waals surface area contributed by atoms with Crippen molar-refractivity contribution >= 4 is 17.6 Å². The Kier molecular flexibility index (Phi) is 3.92. The highest BCUT2D eigenvalue weighted by Gasteiger charge is 2.13. The van der Waals surface area contributed by atoms with Gasteiger partial charge in [-0.2, -0.15) is 0 Å². The summed E-state index contributed by atoms with van der Waals surface area (Å²) in [4.78, 5) is 11.0. The molecule has 3 nitrogen and oxygen atoms in total. The molecule has 0 heterocycles. The Hall–Kier alpha value is -1.06. The molecule has 1 rings (SSSR count). The van der Waals surface area contributed by atoms with Crippen molar-refractivity contribution in [2.24, 2.45) is 5.73 Å².